The first-order valence-corrected chi connectivity index (χ1v) is 7.25. The Morgan fingerprint density at radius 3 is 2.55 bits per heavy atom. The fourth-order valence-corrected chi connectivity index (χ4v) is 2.15. The quantitative estimate of drug-likeness (QED) is 0.834. The Hall–Kier alpha value is -2.34. The zero-order valence-electron chi connectivity index (χ0n) is 11.8. The van der Waals surface area contributed by atoms with Crippen molar-refractivity contribution in [3.05, 3.63) is 64.1 Å². The van der Waals surface area contributed by atoms with Gasteiger partial charge in [0.1, 0.15) is 6.61 Å². The highest BCUT2D eigenvalue weighted by atomic mass is 79.9. The van der Waals surface area contributed by atoms with Gasteiger partial charge in [-0.05, 0) is 39.7 Å². The van der Waals surface area contributed by atoms with Gasteiger partial charge in [0.25, 0.3) is 0 Å². The molecule has 0 atom stereocenters. The zero-order valence-corrected chi connectivity index (χ0v) is 13.4. The molecule has 114 valence electrons. The summed E-state index contributed by atoms with van der Waals surface area (Å²) >= 11 is 3.25. The standard InChI is InChI=1S/C16H14BrNO4/c1-21-15(19)13-9-12(7-8-14(13)17)18-16(20)22-10-11-5-3-2-4-6-11/h2-9H,10H2,1H3,(H,18,20). The summed E-state index contributed by atoms with van der Waals surface area (Å²) in [5.74, 6) is -0.492. The molecule has 2 rings (SSSR count). The molecular weight excluding hydrogens is 350 g/mol. The molecule has 0 aliphatic heterocycles. The smallest absolute Gasteiger partial charge is 0.411 e. The van der Waals surface area contributed by atoms with E-state index in [1.165, 1.54) is 13.2 Å². The molecule has 0 fully saturated rings. The second-order valence-electron chi connectivity index (χ2n) is 4.37. The lowest BCUT2D eigenvalue weighted by Gasteiger charge is -2.09. The molecule has 2 aromatic rings. The lowest BCUT2D eigenvalue weighted by molar-refractivity contribution is 0.0599. The van der Waals surface area contributed by atoms with Crippen molar-refractivity contribution in [1.82, 2.24) is 0 Å². The van der Waals surface area contributed by atoms with E-state index >= 15 is 0 Å². The van der Waals surface area contributed by atoms with Crippen LogP contribution in [0, 0.1) is 0 Å². The van der Waals surface area contributed by atoms with Gasteiger partial charge in [0, 0.05) is 10.2 Å². The molecule has 0 unspecified atom stereocenters. The van der Waals surface area contributed by atoms with Gasteiger partial charge < -0.3 is 9.47 Å². The number of rotatable bonds is 4. The van der Waals surface area contributed by atoms with Crippen LogP contribution in [0.5, 0.6) is 0 Å². The van der Waals surface area contributed by atoms with Gasteiger partial charge in [0.15, 0.2) is 0 Å². The van der Waals surface area contributed by atoms with E-state index in [4.69, 9.17) is 4.74 Å². The van der Waals surface area contributed by atoms with Crippen LogP contribution in [0.4, 0.5) is 10.5 Å². The number of amides is 1. The zero-order chi connectivity index (χ0) is 15.9. The molecule has 0 spiro atoms. The maximum absolute atomic E-state index is 11.8. The third-order valence-electron chi connectivity index (χ3n) is 2.83. The molecule has 0 saturated heterocycles. The predicted molar refractivity (Wildman–Crippen MR) is 85.7 cm³/mol. The van der Waals surface area contributed by atoms with Crippen molar-refractivity contribution in [1.29, 1.82) is 0 Å². The van der Waals surface area contributed by atoms with Crippen molar-refractivity contribution in [2.75, 3.05) is 12.4 Å². The van der Waals surface area contributed by atoms with Gasteiger partial charge in [-0.2, -0.15) is 0 Å². The van der Waals surface area contributed by atoms with Crippen molar-refractivity contribution in [3.8, 4) is 0 Å². The topological polar surface area (TPSA) is 64.6 Å². The SMILES string of the molecule is COC(=O)c1cc(NC(=O)OCc2ccccc2)ccc1Br. The summed E-state index contributed by atoms with van der Waals surface area (Å²) < 4.78 is 10.4. The van der Waals surface area contributed by atoms with Crippen LogP contribution >= 0.6 is 15.9 Å². The molecule has 0 heterocycles. The fourth-order valence-electron chi connectivity index (χ4n) is 1.75. The van der Waals surface area contributed by atoms with Crippen LogP contribution < -0.4 is 5.32 Å². The number of anilines is 1. The Kier molecular flexibility index (Phi) is 5.55. The number of hydrogen-bond donors (Lipinski definition) is 1. The monoisotopic (exact) mass is 363 g/mol. The lowest BCUT2D eigenvalue weighted by Crippen LogP contribution is -2.14. The van der Waals surface area contributed by atoms with E-state index in [0.717, 1.165) is 5.56 Å². The van der Waals surface area contributed by atoms with Crippen LogP contribution in [0.2, 0.25) is 0 Å². The summed E-state index contributed by atoms with van der Waals surface area (Å²) in [7, 11) is 1.29. The van der Waals surface area contributed by atoms with Crippen LogP contribution in [0.15, 0.2) is 53.0 Å². The van der Waals surface area contributed by atoms with Crippen molar-refractivity contribution < 1.29 is 19.1 Å². The van der Waals surface area contributed by atoms with Crippen molar-refractivity contribution in [2.24, 2.45) is 0 Å². The molecule has 1 N–H and O–H groups in total. The molecule has 5 nitrogen and oxygen atoms in total. The maximum atomic E-state index is 11.8. The molecule has 6 heteroatoms. The van der Waals surface area contributed by atoms with E-state index in [1.807, 2.05) is 30.3 Å². The number of hydrogen-bond acceptors (Lipinski definition) is 4. The minimum absolute atomic E-state index is 0.174. The van der Waals surface area contributed by atoms with Gasteiger partial charge in [-0.1, -0.05) is 30.3 Å². The molecule has 0 aliphatic rings. The molecular formula is C16H14BrNO4. The minimum Gasteiger partial charge on any atom is -0.465 e. The summed E-state index contributed by atoms with van der Waals surface area (Å²) in [5, 5.41) is 2.57. The number of halogens is 1. The summed E-state index contributed by atoms with van der Waals surface area (Å²) in [4.78, 5) is 23.3. The number of nitrogens with one attached hydrogen (secondary N) is 1. The van der Waals surface area contributed by atoms with Gasteiger partial charge in [-0.15, -0.1) is 0 Å². The Morgan fingerprint density at radius 2 is 1.86 bits per heavy atom. The second-order valence-corrected chi connectivity index (χ2v) is 5.23. The third-order valence-corrected chi connectivity index (χ3v) is 3.52. The number of ether oxygens (including phenoxy) is 2. The summed E-state index contributed by atoms with van der Waals surface area (Å²) in [6.07, 6.45) is -0.595. The van der Waals surface area contributed by atoms with E-state index < -0.39 is 12.1 Å². The molecule has 0 aromatic heterocycles. The molecule has 0 bridgehead atoms. The van der Waals surface area contributed by atoms with Crippen molar-refractivity contribution >= 4 is 33.7 Å². The highest BCUT2D eigenvalue weighted by Crippen LogP contribution is 2.22. The number of methoxy groups -OCH3 is 1. The van der Waals surface area contributed by atoms with Crippen LogP contribution in [0.3, 0.4) is 0 Å². The van der Waals surface area contributed by atoms with E-state index in [0.29, 0.717) is 15.7 Å². The first-order valence-electron chi connectivity index (χ1n) is 6.45. The van der Waals surface area contributed by atoms with Gasteiger partial charge >= 0.3 is 12.1 Å². The van der Waals surface area contributed by atoms with E-state index in [-0.39, 0.29) is 6.61 Å². The van der Waals surface area contributed by atoms with Gasteiger partial charge in [-0.25, -0.2) is 9.59 Å². The Balaban J connectivity index is 1.98. The van der Waals surface area contributed by atoms with Crippen molar-refractivity contribution in [3.63, 3.8) is 0 Å². The van der Waals surface area contributed by atoms with Crippen LogP contribution in [-0.4, -0.2) is 19.2 Å². The van der Waals surface area contributed by atoms with Crippen molar-refractivity contribution in [2.45, 2.75) is 6.61 Å². The lowest BCUT2D eigenvalue weighted by atomic mass is 10.2. The Morgan fingerprint density at radius 1 is 1.14 bits per heavy atom. The van der Waals surface area contributed by atoms with E-state index in [9.17, 15) is 9.59 Å². The summed E-state index contributed by atoms with van der Waals surface area (Å²) in [5.41, 5.74) is 1.66. The first kappa shape index (κ1) is 16.0. The maximum Gasteiger partial charge on any atom is 0.411 e. The fraction of sp³-hybridized carbons (Fsp3) is 0.125. The minimum atomic E-state index is -0.595. The summed E-state index contributed by atoms with van der Waals surface area (Å²) in [6.45, 7) is 0.174. The largest absolute Gasteiger partial charge is 0.465 e. The van der Waals surface area contributed by atoms with E-state index in [1.54, 1.807) is 12.1 Å². The predicted octanol–water partition coefficient (Wildman–Crippen LogP) is 3.98. The van der Waals surface area contributed by atoms with E-state index in [2.05, 4.69) is 26.0 Å². The highest BCUT2D eigenvalue weighted by molar-refractivity contribution is 9.10. The van der Waals surface area contributed by atoms with Gasteiger partial charge in [0.05, 0.1) is 12.7 Å². The normalized spacial score (nSPS) is 9.91. The molecule has 0 radical (unpaired) electrons. The molecule has 0 saturated carbocycles. The summed E-state index contributed by atoms with van der Waals surface area (Å²) in [6, 6.07) is 14.2. The highest BCUT2D eigenvalue weighted by Gasteiger charge is 2.12. The number of carbonyl (C=O) groups excluding carboxylic acids is 2. The number of esters is 1. The molecule has 2 aromatic carbocycles. The Bertz CT molecular complexity index is 673. The van der Waals surface area contributed by atoms with Gasteiger partial charge in [-0.3, -0.25) is 5.32 Å². The van der Waals surface area contributed by atoms with Crippen LogP contribution in [-0.2, 0) is 16.1 Å². The average molecular weight is 364 g/mol. The Labute approximate surface area is 136 Å². The molecule has 22 heavy (non-hydrogen) atoms. The number of benzene rings is 2. The molecule has 1 amide bonds. The number of carbonyl (C=O) groups is 2. The average Bonchev–Trinajstić information content (AvgIpc) is 2.55. The molecule has 0 aliphatic carbocycles. The second kappa shape index (κ2) is 7.61. The van der Waals surface area contributed by atoms with Crippen LogP contribution in [0.25, 0.3) is 0 Å². The van der Waals surface area contributed by atoms with Crippen LogP contribution in [0.1, 0.15) is 15.9 Å². The van der Waals surface area contributed by atoms with Gasteiger partial charge in [0.2, 0.25) is 0 Å². The first-order chi connectivity index (χ1) is 10.6. The third kappa shape index (κ3) is 4.33.